The molecular weight excluding hydrogens is 306 g/mol. The first-order chi connectivity index (χ1) is 11.7. The highest BCUT2D eigenvalue weighted by Crippen LogP contribution is 2.38. The Hall–Kier alpha value is -3.34. The van der Waals surface area contributed by atoms with Crippen molar-refractivity contribution in [1.29, 1.82) is 0 Å². The molecule has 4 rings (SSSR count). The van der Waals surface area contributed by atoms with Crippen molar-refractivity contribution in [2.45, 2.75) is 6.10 Å². The molecular formula is C19H13NO4. The van der Waals surface area contributed by atoms with E-state index in [-0.39, 0.29) is 5.76 Å². The van der Waals surface area contributed by atoms with Gasteiger partial charge in [0.05, 0.1) is 5.52 Å². The van der Waals surface area contributed by atoms with Gasteiger partial charge in [-0.3, -0.25) is 4.98 Å². The molecule has 0 fully saturated rings. The molecule has 0 amide bonds. The molecule has 0 spiro atoms. The summed E-state index contributed by atoms with van der Waals surface area (Å²) in [6.45, 7) is 0. The summed E-state index contributed by atoms with van der Waals surface area (Å²) in [5, 5.41) is 9.97. The van der Waals surface area contributed by atoms with E-state index >= 15 is 0 Å². The topological polar surface area (TPSA) is 68.7 Å². The zero-order valence-corrected chi connectivity index (χ0v) is 12.5. The summed E-state index contributed by atoms with van der Waals surface area (Å²) in [5.41, 5.74) is 2.37. The maximum atomic E-state index is 11.0. The molecule has 0 bridgehead atoms. The van der Waals surface area contributed by atoms with Crippen LogP contribution in [0.5, 0.6) is 5.75 Å². The fourth-order valence-electron chi connectivity index (χ4n) is 2.77. The highest BCUT2D eigenvalue weighted by atomic mass is 16.7. The molecule has 1 unspecified atom stereocenters. The van der Waals surface area contributed by atoms with Crippen LogP contribution in [0.2, 0.25) is 0 Å². The second kappa shape index (κ2) is 5.70. The fourth-order valence-corrected chi connectivity index (χ4v) is 2.77. The smallest absolute Gasteiger partial charge is 0.477 e. The predicted octanol–water partition coefficient (Wildman–Crippen LogP) is 4.40. The van der Waals surface area contributed by atoms with Crippen LogP contribution in [0.4, 0.5) is 4.79 Å². The number of aromatic nitrogens is 1. The number of hydrogen-bond acceptors (Lipinski definition) is 4. The van der Waals surface area contributed by atoms with Crippen LogP contribution in [0.15, 0.2) is 66.6 Å². The maximum Gasteiger partial charge on any atom is 0.511 e. The number of benzene rings is 2. The number of carbonyl (C=O) groups is 1. The van der Waals surface area contributed by atoms with Gasteiger partial charge < -0.3 is 14.6 Å². The highest BCUT2D eigenvalue weighted by Gasteiger charge is 2.28. The van der Waals surface area contributed by atoms with Crippen LogP contribution < -0.4 is 4.74 Å². The number of para-hydroxylation sites is 2. The first-order valence-electron chi connectivity index (χ1n) is 7.43. The normalized spacial score (nSPS) is 16.0. The van der Waals surface area contributed by atoms with E-state index in [4.69, 9.17) is 14.6 Å². The summed E-state index contributed by atoms with van der Waals surface area (Å²) in [4.78, 5) is 15.5. The molecule has 1 aliphatic heterocycles. The second-order valence-electron chi connectivity index (χ2n) is 5.41. The van der Waals surface area contributed by atoms with Crippen LogP contribution in [-0.4, -0.2) is 16.2 Å². The molecule has 0 aliphatic carbocycles. The molecule has 1 aromatic heterocycles. The summed E-state index contributed by atoms with van der Waals surface area (Å²) in [6.07, 6.45) is 1.34. The van der Waals surface area contributed by atoms with Gasteiger partial charge in [-0.2, -0.15) is 0 Å². The zero-order valence-electron chi connectivity index (χ0n) is 12.5. The lowest BCUT2D eigenvalue weighted by molar-refractivity contribution is 0.0899. The Morgan fingerprint density at radius 3 is 2.79 bits per heavy atom. The lowest BCUT2D eigenvalue weighted by Crippen LogP contribution is -2.18. The van der Waals surface area contributed by atoms with Crippen LogP contribution >= 0.6 is 0 Å². The Morgan fingerprint density at radius 1 is 1.12 bits per heavy atom. The van der Waals surface area contributed by atoms with E-state index in [9.17, 15) is 4.79 Å². The molecule has 5 nitrogen and oxygen atoms in total. The quantitative estimate of drug-likeness (QED) is 0.709. The minimum atomic E-state index is -1.37. The summed E-state index contributed by atoms with van der Waals surface area (Å²) in [6, 6.07) is 17.0. The van der Waals surface area contributed by atoms with E-state index in [1.165, 1.54) is 0 Å². The number of ether oxygens (including phenoxy) is 2. The minimum Gasteiger partial charge on any atom is -0.477 e. The molecule has 2 heterocycles. The van der Waals surface area contributed by atoms with Gasteiger partial charge in [-0.1, -0.05) is 36.4 Å². The van der Waals surface area contributed by atoms with Gasteiger partial charge in [0.25, 0.3) is 0 Å². The number of carboxylic acid groups (broad SMARTS) is 1. The predicted molar refractivity (Wildman–Crippen MR) is 88.6 cm³/mol. The maximum absolute atomic E-state index is 11.0. The Kier molecular flexibility index (Phi) is 3.39. The summed E-state index contributed by atoms with van der Waals surface area (Å²) in [5.74, 6) is 0.895. The van der Waals surface area contributed by atoms with E-state index < -0.39 is 12.3 Å². The summed E-state index contributed by atoms with van der Waals surface area (Å²) < 4.78 is 10.9. The van der Waals surface area contributed by atoms with E-state index in [1.54, 1.807) is 12.3 Å². The first-order valence-corrected chi connectivity index (χ1v) is 7.43. The Bertz CT molecular complexity index is 964. The minimum absolute atomic E-state index is 0.221. The monoisotopic (exact) mass is 319 g/mol. The molecule has 24 heavy (non-hydrogen) atoms. The van der Waals surface area contributed by atoms with Crippen molar-refractivity contribution in [3.05, 3.63) is 77.7 Å². The van der Waals surface area contributed by atoms with E-state index in [2.05, 4.69) is 4.98 Å². The van der Waals surface area contributed by atoms with Crippen LogP contribution in [0.3, 0.4) is 0 Å². The number of hydrogen-bond donors (Lipinski definition) is 1. The molecule has 0 saturated carbocycles. The van der Waals surface area contributed by atoms with Crippen molar-refractivity contribution in [1.82, 2.24) is 4.98 Å². The first kappa shape index (κ1) is 14.3. The summed E-state index contributed by atoms with van der Waals surface area (Å²) in [7, 11) is 0. The van der Waals surface area contributed by atoms with Crippen molar-refractivity contribution in [3.63, 3.8) is 0 Å². The zero-order chi connectivity index (χ0) is 16.5. The number of rotatable bonds is 2. The lowest BCUT2D eigenvalue weighted by Gasteiger charge is -2.26. The fraction of sp³-hybridized carbons (Fsp3) is 0.0526. The van der Waals surface area contributed by atoms with Crippen molar-refractivity contribution in [2.24, 2.45) is 0 Å². The number of fused-ring (bicyclic) bond motifs is 2. The molecule has 0 radical (unpaired) electrons. The molecule has 2 aromatic carbocycles. The van der Waals surface area contributed by atoms with Crippen LogP contribution in [0.1, 0.15) is 17.2 Å². The van der Waals surface area contributed by atoms with Gasteiger partial charge in [0.2, 0.25) is 0 Å². The van der Waals surface area contributed by atoms with Gasteiger partial charge in [-0.15, -0.1) is 0 Å². The number of nitrogens with zero attached hydrogens (tertiary/aromatic N) is 1. The van der Waals surface area contributed by atoms with Crippen molar-refractivity contribution < 1.29 is 19.4 Å². The molecule has 1 N–H and O–H groups in total. The third-order valence-electron chi connectivity index (χ3n) is 3.84. The average molecular weight is 319 g/mol. The van der Waals surface area contributed by atoms with Crippen LogP contribution in [0.25, 0.3) is 17.0 Å². The SMILES string of the molecule is O=C(O)OC1=Cc2ccccc2OC1c1cnc2ccccc2c1. The Labute approximate surface area is 137 Å². The largest absolute Gasteiger partial charge is 0.511 e. The summed E-state index contributed by atoms with van der Waals surface area (Å²) >= 11 is 0. The number of pyridine rings is 1. The highest BCUT2D eigenvalue weighted by molar-refractivity contribution is 5.79. The van der Waals surface area contributed by atoms with Crippen molar-refractivity contribution in [3.8, 4) is 5.75 Å². The standard InChI is InChI=1S/C19H13NO4/c21-19(22)24-17-10-13-6-2-4-8-16(13)23-18(17)14-9-12-5-1-3-7-15(12)20-11-14/h1-11,18H,(H,21,22). The van der Waals surface area contributed by atoms with E-state index in [1.807, 2.05) is 54.6 Å². The van der Waals surface area contributed by atoms with Gasteiger partial charge in [-0.25, -0.2) is 4.79 Å². The molecule has 5 heteroatoms. The molecule has 1 atom stereocenters. The third-order valence-corrected chi connectivity index (χ3v) is 3.84. The Morgan fingerprint density at radius 2 is 1.92 bits per heavy atom. The Balaban J connectivity index is 1.80. The second-order valence-corrected chi connectivity index (χ2v) is 5.41. The van der Waals surface area contributed by atoms with Crippen molar-refractivity contribution >= 4 is 23.1 Å². The van der Waals surface area contributed by atoms with Gasteiger partial charge >= 0.3 is 6.16 Å². The van der Waals surface area contributed by atoms with E-state index in [0.717, 1.165) is 22.0 Å². The van der Waals surface area contributed by atoms with E-state index in [0.29, 0.717) is 5.75 Å². The van der Waals surface area contributed by atoms with Gasteiger partial charge in [0.15, 0.2) is 11.9 Å². The van der Waals surface area contributed by atoms with Gasteiger partial charge in [0, 0.05) is 22.7 Å². The molecule has 0 saturated heterocycles. The van der Waals surface area contributed by atoms with Crippen molar-refractivity contribution in [2.75, 3.05) is 0 Å². The average Bonchev–Trinajstić information content (AvgIpc) is 2.60. The lowest BCUT2D eigenvalue weighted by atomic mass is 10.0. The van der Waals surface area contributed by atoms with Gasteiger partial charge in [-0.05, 0) is 24.3 Å². The van der Waals surface area contributed by atoms with Crippen LogP contribution in [-0.2, 0) is 4.74 Å². The molecule has 1 aliphatic rings. The third kappa shape index (κ3) is 2.56. The molecule has 3 aromatic rings. The van der Waals surface area contributed by atoms with Crippen LogP contribution in [0, 0.1) is 0 Å². The molecule has 118 valence electrons. The van der Waals surface area contributed by atoms with Gasteiger partial charge in [0.1, 0.15) is 5.75 Å².